The standard InChI is InChI=1S/C14H17NO3/c1-4-16-11-6-7-12(13(9-11)17-5-2)14-8-10(3)15-18-14/h6-9H,4-5H2,1-3H3. The zero-order chi connectivity index (χ0) is 13.0. The van der Waals surface area contributed by atoms with Crippen molar-refractivity contribution >= 4 is 0 Å². The van der Waals surface area contributed by atoms with E-state index < -0.39 is 0 Å². The fraction of sp³-hybridized carbons (Fsp3) is 0.357. The van der Waals surface area contributed by atoms with E-state index in [0.717, 1.165) is 22.8 Å². The Morgan fingerprint density at radius 2 is 1.89 bits per heavy atom. The molecule has 0 aliphatic carbocycles. The summed E-state index contributed by atoms with van der Waals surface area (Å²) in [6, 6.07) is 7.59. The molecule has 4 heteroatoms. The van der Waals surface area contributed by atoms with E-state index in [1.807, 2.05) is 45.0 Å². The average Bonchev–Trinajstić information content (AvgIpc) is 2.77. The molecule has 0 aliphatic rings. The number of aromatic nitrogens is 1. The highest BCUT2D eigenvalue weighted by molar-refractivity contribution is 5.67. The summed E-state index contributed by atoms with van der Waals surface area (Å²) in [5.74, 6) is 2.25. The maximum atomic E-state index is 5.62. The maximum Gasteiger partial charge on any atom is 0.170 e. The summed E-state index contributed by atoms with van der Waals surface area (Å²) in [6.07, 6.45) is 0. The van der Waals surface area contributed by atoms with Crippen LogP contribution in [0.15, 0.2) is 28.8 Å². The molecule has 2 rings (SSSR count). The normalized spacial score (nSPS) is 10.4. The van der Waals surface area contributed by atoms with Crippen LogP contribution in [0.5, 0.6) is 11.5 Å². The van der Waals surface area contributed by atoms with Crippen LogP contribution >= 0.6 is 0 Å². The summed E-state index contributed by atoms with van der Waals surface area (Å²) in [4.78, 5) is 0. The summed E-state index contributed by atoms with van der Waals surface area (Å²) in [7, 11) is 0. The summed E-state index contributed by atoms with van der Waals surface area (Å²) >= 11 is 0. The van der Waals surface area contributed by atoms with Crippen LogP contribution in [0.25, 0.3) is 11.3 Å². The first-order valence-corrected chi connectivity index (χ1v) is 6.08. The van der Waals surface area contributed by atoms with E-state index in [9.17, 15) is 0 Å². The van der Waals surface area contributed by atoms with Gasteiger partial charge in [0.1, 0.15) is 11.5 Å². The second kappa shape index (κ2) is 5.58. The van der Waals surface area contributed by atoms with Gasteiger partial charge >= 0.3 is 0 Å². The maximum absolute atomic E-state index is 5.62. The third kappa shape index (κ3) is 2.64. The Kier molecular flexibility index (Phi) is 3.87. The van der Waals surface area contributed by atoms with Gasteiger partial charge in [0, 0.05) is 12.1 Å². The number of ether oxygens (including phenoxy) is 2. The van der Waals surface area contributed by atoms with Gasteiger partial charge in [0.2, 0.25) is 0 Å². The van der Waals surface area contributed by atoms with Gasteiger partial charge < -0.3 is 14.0 Å². The number of benzene rings is 1. The molecule has 0 radical (unpaired) electrons. The van der Waals surface area contributed by atoms with E-state index >= 15 is 0 Å². The molecule has 0 bridgehead atoms. The highest BCUT2D eigenvalue weighted by atomic mass is 16.5. The Balaban J connectivity index is 2.39. The summed E-state index contributed by atoms with van der Waals surface area (Å²) in [5.41, 5.74) is 1.74. The predicted octanol–water partition coefficient (Wildman–Crippen LogP) is 3.45. The molecule has 0 saturated heterocycles. The van der Waals surface area contributed by atoms with Crippen LogP contribution in [0.1, 0.15) is 19.5 Å². The van der Waals surface area contributed by atoms with E-state index in [4.69, 9.17) is 14.0 Å². The first kappa shape index (κ1) is 12.5. The lowest BCUT2D eigenvalue weighted by Crippen LogP contribution is -1.96. The van der Waals surface area contributed by atoms with Crippen LogP contribution in [0, 0.1) is 6.92 Å². The van der Waals surface area contributed by atoms with Crippen molar-refractivity contribution in [1.82, 2.24) is 5.16 Å². The Hall–Kier alpha value is -1.97. The minimum absolute atomic E-state index is 0.593. The first-order valence-electron chi connectivity index (χ1n) is 6.08. The van der Waals surface area contributed by atoms with E-state index in [1.165, 1.54) is 0 Å². The van der Waals surface area contributed by atoms with Gasteiger partial charge in [0.15, 0.2) is 5.76 Å². The quantitative estimate of drug-likeness (QED) is 0.811. The molecule has 0 aliphatic heterocycles. The predicted molar refractivity (Wildman–Crippen MR) is 69.0 cm³/mol. The van der Waals surface area contributed by atoms with E-state index in [1.54, 1.807) is 0 Å². The van der Waals surface area contributed by atoms with Gasteiger partial charge in [-0.05, 0) is 32.9 Å². The van der Waals surface area contributed by atoms with Gasteiger partial charge in [-0.1, -0.05) is 5.16 Å². The molecular formula is C14H17NO3. The minimum Gasteiger partial charge on any atom is -0.494 e. The van der Waals surface area contributed by atoms with Crippen LogP contribution in [-0.2, 0) is 0 Å². The lowest BCUT2D eigenvalue weighted by molar-refractivity contribution is 0.323. The molecule has 1 heterocycles. The molecule has 0 atom stereocenters. The Bertz CT molecular complexity index is 520. The van der Waals surface area contributed by atoms with Crippen molar-refractivity contribution in [3.05, 3.63) is 30.0 Å². The topological polar surface area (TPSA) is 44.5 Å². The number of hydrogen-bond acceptors (Lipinski definition) is 4. The van der Waals surface area contributed by atoms with E-state index in [2.05, 4.69) is 5.16 Å². The van der Waals surface area contributed by atoms with Crippen molar-refractivity contribution in [2.45, 2.75) is 20.8 Å². The first-order chi connectivity index (χ1) is 8.74. The van der Waals surface area contributed by atoms with Gasteiger partial charge in [-0.3, -0.25) is 0 Å². The highest BCUT2D eigenvalue weighted by Gasteiger charge is 2.12. The molecular weight excluding hydrogens is 230 g/mol. The molecule has 2 aromatic rings. The molecule has 0 saturated carbocycles. The van der Waals surface area contributed by atoms with Crippen LogP contribution in [-0.4, -0.2) is 18.4 Å². The van der Waals surface area contributed by atoms with Gasteiger partial charge in [-0.2, -0.15) is 0 Å². The lowest BCUT2D eigenvalue weighted by Gasteiger charge is -2.10. The number of rotatable bonds is 5. The minimum atomic E-state index is 0.593. The SMILES string of the molecule is CCOc1ccc(-c2cc(C)no2)c(OCC)c1. The molecule has 0 N–H and O–H groups in total. The molecule has 0 spiro atoms. The third-order valence-corrected chi connectivity index (χ3v) is 2.46. The van der Waals surface area contributed by atoms with Crippen LogP contribution in [0.4, 0.5) is 0 Å². The molecule has 18 heavy (non-hydrogen) atoms. The fourth-order valence-corrected chi connectivity index (χ4v) is 1.73. The number of nitrogens with zero attached hydrogens (tertiary/aromatic N) is 1. The van der Waals surface area contributed by atoms with Crippen LogP contribution in [0.3, 0.4) is 0 Å². The Labute approximate surface area is 107 Å². The largest absolute Gasteiger partial charge is 0.494 e. The fourth-order valence-electron chi connectivity index (χ4n) is 1.73. The van der Waals surface area contributed by atoms with Crippen molar-refractivity contribution < 1.29 is 14.0 Å². The van der Waals surface area contributed by atoms with E-state index in [-0.39, 0.29) is 0 Å². The average molecular weight is 247 g/mol. The summed E-state index contributed by atoms with van der Waals surface area (Å²) < 4.78 is 16.3. The molecule has 96 valence electrons. The van der Waals surface area contributed by atoms with E-state index in [0.29, 0.717) is 19.0 Å². The number of aryl methyl sites for hydroxylation is 1. The van der Waals surface area contributed by atoms with Gasteiger partial charge in [-0.15, -0.1) is 0 Å². The molecule has 0 unspecified atom stereocenters. The monoisotopic (exact) mass is 247 g/mol. The van der Waals surface area contributed by atoms with Crippen molar-refractivity contribution in [2.24, 2.45) is 0 Å². The Morgan fingerprint density at radius 3 is 2.50 bits per heavy atom. The second-order valence-electron chi connectivity index (χ2n) is 3.86. The van der Waals surface area contributed by atoms with Crippen LogP contribution in [0.2, 0.25) is 0 Å². The number of hydrogen-bond donors (Lipinski definition) is 0. The van der Waals surface area contributed by atoms with Crippen molar-refractivity contribution in [1.29, 1.82) is 0 Å². The third-order valence-electron chi connectivity index (χ3n) is 2.46. The molecule has 1 aromatic carbocycles. The van der Waals surface area contributed by atoms with Gasteiger partial charge in [0.25, 0.3) is 0 Å². The zero-order valence-corrected chi connectivity index (χ0v) is 10.9. The van der Waals surface area contributed by atoms with Crippen LogP contribution < -0.4 is 9.47 Å². The zero-order valence-electron chi connectivity index (χ0n) is 10.9. The van der Waals surface area contributed by atoms with Crippen molar-refractivity contribution in [3.8, 4) is 22.8 Å². The second-order valence-corrected chi connectivity index (χ2v) is 3.86. The summed E-state index contributed by atoms with van der Waals surface area (Å²) in [6.45, 7) is 7.01. The van der Waals surface area contributed by atoms with Crippen molar-refractivity contribution in [2.75, 3.05) is 13.2 Å². The lowest BCUT2D eigenvalue weighted by atomic mass is 10.1. The van der Waals surface area contributed by atoms with Gasteiger partial charge in [0.05, 0.1) is 24.5 Å². The molecule has 0 fully saturated rings. The molecule has 0 amide bonds. The molecule has 4 nitrogen and oxygen atoms in total. The summed E-state index contributed by atoms with van der Waals surface area (Å²) in [5, 5.41) is 3.89. The Morgan fingerprint density at radius 1 is 1.11 bits per heavy atom. The molecule has 1 aromatic heterocycles. The highest BCUT2D eigenvalue weighted by Crippen LogP contribution is 2.33. The van der Waals surface area contributed by atoms with Gasteiger partial charge in [-0.25, -0.2) is 0 Å². The smallest absolute Gasteiger partial charge is 0.170 e. The van der Waals surface area contributed by atoms with Crippen molar-refractivity contribution in [3.63, 3.8) is 0 Å².